The van der Waals surface area contributed by atoms with Gasteiger partial charge < -0.3 is 4.74 Å². The van der Waals surface area contributed by atoms with Crippen LogP contribution in [0.25, 0.3) is 0 Å². The van der Waals surface area contributed by atoms with Crippen LogP contribution in [0.15, 0.2) is 96.1 Å². The molecule has 0 aliphatic carbocycles. The van der Waals surface area contributed by atoms with Crippen molar-refractivity contribution < 1.29 is 9.66 Å². The smallest absolute Gasteiger partial charge is 0.272 e. The highest BCUT2D eigenvalue weighted by Gasteiger charge is 2.17. The van der Waals surface area contributed by atoms with E-state index in [1.165, 1.54) is 6.07 Å². The van der Waals surface area contributed by atoms with Crippen LogP contribution in [0.4, 0.5) is 11.4 Å². The van der Waals surface area contributed by atoms with E-state index in [-0.39, 0.29) is 32.8 Å². The van der Waals surface area contributed by atoms with Crippen LogP contribution in [0.3, 0.4) is 0 Å². The first-order valence-electron chi connectivity index (χ1n) is 10.3. The molecule has 0 heterocycles. The summed E-state index contributed by atoms with van der Waals surface area (Å²) in [4.78, 5) is 10.4. The van der Waals surface area contributed by atoms with Gasteiger partial charge in [0, 0.05) is 29.3 Å². The molecule has 0 saturated carbocycles. The summed E-state index contributed by atoms with van der Waals surface area (Å²) >= 11 is 12.3. The van der Waals surface area contributed by atoms with Gasteiger partial charge in [-0.2, -0.15) is 10.4 Å². The molecule has 35 heavy (non-hydrogen) atoms. The number of anilines is 1. The summed E-state index contributed by atoms with van der Waals surface area (Å²) in [5, 5.41) is 25.2. The third-order valence-corrected chi connectivity index (χ3v) is 5.47. The van der Waals surface area contributed by atoms with Crippen molar-refractivity contribution in [3.8, 4) is 17.6 Å². The number of ether oxygens (including phenoxy) is 1. The SMILES string of the molecule is N#Cc1cc(Oc2c(Cl)cc([N+](=O)[O-])cc2Cl)ccc1NN=C(c1ccccc1)c1ccccc1. The van der Waals surface area contributed by atoms with Crippen molar-refractivity contribution in [1.82, 2.24) is 0 Å². The first-order valence-corrected chi connectivity index (χ1v) is 11.0. The summed E-state index contributed by atoms with van der Waals surface area (Å²) in [6, 6.07) is 28.5. The van der Waals surface area contributed by atoms with Crippen LogP contribution in [-0.2, 0) is 0 Å². The number of nitrogens with zero attached hydrogens (tertiary/aromatic N) is 3. The van der Waals surface area contributed by atoms with E-state index >= 15 is 0 Å². The van der Waals surface area contributed by atoms with Crippen molar-refractivity contribution in [2.24, 2.45) is 5.10 Å². The number of nitriles is 1. The lowest BCUT2D eigenvalue weighted by Gasteiger charge is -2.12. The zero-order valence-corrected chi connectivity index (χ0v) is 19.5. The average Bonchev–Trinajstić information content (AvgIpc) is 2.88. The van der Waals surface area contributed by atoms with Crippen LogP contribution in [0.2, 0.25) is 10.0 Å². The summed E-state index contributed by atoms with van der Waals surface area (Å²) in [6.45, 7) is 0. The Morgan fingerprint density at radius 2 is 1.49 bits per heavy atom. The zero-order chi connectivity index (χ0) is 24.8. The quantitative estimate of drug-likeness (QED) is 0.161. The van der Waals surface area contributed by atoms with Crippen LogP contribution < -0.4 is 10.2 Å². The van der Waals surface area contributed by atoms with E-state index in [0.29, 0.717) is 11.4 Å². The maximum Gasteiger partial charge on any atom is 0.272 e. The van der Waals surface area contributed by atoms with Gasteiger partial charge in [0.2, 0.25) is 0 Å². The Bertz CT molecular complexity index is 1390. The summed E-state index contributed by atoms with van der Waals surface area (Å²) < 4.78 is 5.74. The Kier molecular flexibility index (Phi) is 7.27. The molecule has 0 aliphatic rings. The fourth-order valence-corrected chi connectivity index (χ4v) is 3.80. The number of nitro benzene ring substituents is 1. The molecule has 4 aromatic carbocycles. The molecule has 0 radical (unpaired) electrons. The Hall–Kier alpha value is -4.38. The lowest BCUT2D eigenvalue weighted by Crippen LogP contribution is -2.07. The number of nitro groups is 1. The fourth-order valence-electron chi connectivity index (χ4n) is 3.25. The summed E-state index contributed by atoms with van der Waals surface area (Å²) in [5.74, 6) is 0.331. The molecule has 0 aliphatic heterocycles. The molecule has 4 rings (SSSR count). The van der Waals surface area contributed by atoms with Crippen LogP contribution in [0, 0.1) is 21.4 Å². The number of hydrogen-bond acceptors (Lipinski definition) is 6. The topological polar surface area (TPSA) is 101 Å². The Balaban J connectivity index is 1.63. The average molecular weight is 503 g/mol. The molecule has 1 N–H and O–H groups in total. The minimum Gasteiger partial charge on any atom is -0.454 e. The lowest BCUT2D eigenvalue weighted by molar-refractivity contribution is -0.384. The van der Waals surface area contributed by atoms with Gasteiger partial charge in [-0.25, -0.2) is 0 Å². The number of nitrogens with one attached hydrogen (secondary N) is 1. The van der Waals surface area contributed by atoms with Gasteiger partial charge in [-0.15, -0.1) is 0 Å². The monoisotopic (exact) mass is 502 g/mol. The van der Waals surface area contributed by atoms with Crippen molar-refractivity contribution in [3.05, 3.63) is 128 Å². The molecule has 0 spiro atoms. The molecule has 0 amide bonds. The summed E-state index contributed by atoms with van der Waals surface area (Å²) in [6.07, 6.45) is 0. The van der Waals surface area contributed by atoms with Crippen molar-refractivity contribution in [2.45, 2.75) is 0 Å². The number of halogens is 2. The van der Waals surface area contributed by atoms with Crippen molar-refractivity contribution in [3.63, 3.8) is 0 Å². The standard InChI is InChI=1S/C26H16Cl2N4O3/c27-22-14-20(32(33)34)15-23(28)26(22)35-21-11-12-24(19(13-21)16-29)30-31-25(17-7-3-1-4-8-17)18-9-5-2-6-10-18/h1-15,30H. The highest BCUT2D eigenvalue weighted by molar-refractivity contribution is 6.37. The predicted molar refractivity (Wildman–Crippen MR) is 136 cm³/mol. The largest absolute Gasteiger partial charge is 0.454 e. The molecule has 0 saturated heterocycles. The van der Waals surface area contributed by atoms with E-state index in [2.05, 4.69) is 16.6 Å². The molecule has 7 nitrogen and oxygen atoms in total. The third-order valence-electron chi connectivity index (χ3n) is 4.91. The van der Waals surface area contributed by atoms with Gasteiger partial charge in [0.15, 0.2) is 5.75 Å². The first-order chi connectivity index (χ1) is 17.0. The summed E-state index contributed by atoms with van der Waals surface area (Å²) in [5.41, 5.74) is 5.98. The van der Waals surface area contributed by atoms with E-state index in [9.17, 15) is 15.4 Å². The first kappa shape index (κ1) is 23.8. The number of hydrazone groups is 1. The number of rotatable bonds is 7. The third kappa shape index (κ3) is 5.58. The molecule has 0 unspecified atom stereocenters. The van der Waals surface area contributed by atoms with Crippen LogP contribution in [0.5, 0.6) is 11.5 Å². The molecule has 0 atom stereocenters. The van der Waals surface area contributed by atoms with Gasteiger partial charge in [0.1, 0.15) is 11.8 Å². The van der Waals surface area contributed by atoms with E-state index in [1.54, 1.807) is 12.1 Å². The molecule has 0 bridgehead atoms. The molecule has 9 heteroatoms. The molecular formula is C26H16Cl2N4O3. The maximum absolute atomic E-state index is 11.0. The van der Waals surface area contributed by atoms with Gasteiger partial charge in [-0.1, -0.05) is 83.9 Å². The van der Waals surface area contributed by atoms with Gasteiger partial charge in [0.25, 0.3) is 5.69 Å². The Morgan fingerprint density at radius 1 is 0.914 bits per heavy atom. The lowest BCUT2D eigenvalue weighted by atomic mass is 10.0. The normalized spacial score (nSPS) is 10.2. The van der Waals surface area contributed by atoms with E-state index in [4.69, 9.17) is 27.9 Å². The summed E-state index contributed by atoms with van der Waals surface area (Å²) in [7, 11) is 0. The second kappa shape index (κ2) is 10.7. The molecule has 0 fully saturated rings. The highest BCUT2D eigenvalue weighted by Crippen LogP contribution is 2.40. The molecular weight excluding hydrogens is 487 g/mol. The Labute approximate surface area is 211 Å². The maximum atomic E-state index is 11.0. The van der Waals surface area contributed by atoms with E-state index < -0.39 is 4.92 Å². The van der Waals surface area contributed by atoms with E-state index in [0.717, 1.165) is 23.3 Å². The van der Waals surface area contributed by atoms with Crippen LogP contribution in [-0.4, -0.2) is 10.6 Å². The highest BCUT2D eigenvalue weighted by atomic mass is 35.5. The second-order valence-corrected chi connectivity index (χ2v) is 8.04. The van der Waals surface area contributed by atoms with Gasteiger partial charge in [0.05, 0.1) is 31.9 Å². The van der Waals surface area contributed by atoms with Crippen LogP contribution >= 0.6 is 23.2 Å². The Morgan fingerprint density at radius 3 is 2.00 bits per heavy atom. The van der Waals surface area contributed by atoms with Crippen LogP contribution in [0.1, 0.15) is 16.7 Å². The van der Waals surface area contributed by atoms with E-state index in [1.807, 2.05) is 60.7 Å². The number of non-ortho nitro benzene ring substituents is 1. The number of hydrogen-bond donors (Lipinski definition) is 1. The molecule has 4 aromatic rings. The predicted octanol–water partition coefficient (Wildman–Crippen LogP) is 7.43. The van der Waals surface area contributed by atoms with Gasteiger partial charge >= 0.3 is 0 Å². The minimum absolute atomic E-state index is 0.0233. The minimum atomic E-state index is -0.602. The molecule has 172 valence electrons. The fraction of sp³-hybridized carbons (Fsp3) is 0. The van der Waals surface area contributed by atoms with Crippen molar-refractivity contribution >= 4 is 40.3 Å². The van der Waals surface area contributed by atoms with Crippen molar-refractivity contribution in [2.75, 3.05) is 5.43 Å². The van der Waals surface area contributed by atoms with Gasteiger partial charge in [-0.3, -0.25) is 15.5 Å². The zero-order valence-electron chi connectivity index (χ0n) is 18.0. The molecule has 0 aromatic heterocycles. The number of benzene rings is 4. The second-order valence-electron chi connectivity index (χ2n) is 7.22. The van der Waals surface area contributed by atoms with Crippen molar-refractivity contribution in [1.29, 1.82) is 5.26 Å². The van der Waals surface area contributed by atoms with Gasteiger partial charge in [-0.05, 0) is 12.1 Å².